The second kappa shape index (κ2) is 11.8. The topological polar surface area (TPSA) is 159 Å². The van der Waals surface area contributed by atoms with Gasteiger partial charge in [-0.2, -0.15) is 0 Å². The Hall–Kier alpha value is -3.39. The molecule has 4 heterocycles. The summed E-state index contributed by atoms with van der Waals surface area (Å²) in [5, 5.41) is 17.3. The summed E-state index contributed by atoms with van der Waals surface area (Å²) < 4.78 is 9.61. The quantitative estimate of drug-likeness (QED) is 0.426. The zero-order valence-corrected chi connectivity index (χ0v) is 19.8. The maximum absolute atomic E-state index is 12.8. The van der Waals surface area contributed by atoms with E-state index in [9.17, 15) is 14.4 Å². The molecule has 35 heavy (non-hydrogen) atoms. The van der Waals surface area contributed by atoms with Crippen LogP contribution in [0, 0.1) is 0 Å². The Morgan fingerprint density at radius 2 is 1.86 bits per heavy atom. The SMILES string of the molecule is CN1CCN(C(=O)OC2c3nccnc3C(=O)N2c2ccc(Cl)cn2)CC1.C[C@@H](O)[C@H](O)OC=O. The van der Waals surface area contributed by atoms with Crippen molar-refractivity contribution in [3.63, 3.8) is 0 Å². The first kappa shape index (κ1) is 26.2. The van der Waals surface area contributed by atoms with E-state index in [-0.39, 0.29) is 12.2 Å². The van der Waals surface area contributed by atoms with Gasteiger partial charge >= 0.3 is 6.09 Å². The molecule has 0 bridgehead atoms. The Kier molecular flexibility index (Phi) is 8.87. The smallest absolute Gasteiger partial charge is 0.412 e. The summed E-state index contributed by atoms with van der Waals surface area (Å²) in [5.41, 5.74) is 0.437. The lowest BCUT2D eigenvalue weighted by atomic mass is 10.3. The highest BCUT2D eigenvalue weighted by molar-refractivity contribution is 6.30. The summed E-state index contributed by atoms with van der Waals surface area (Å²) in [4.78, 5) is 52.4. The predicted molar refractivity (Wildman–Crippen MR) is 121 cm³/mol. The van der Waals surface area contributed by atoms with Crippen LogP contribution in [0.5, 0.6) is 0 Å². The highest BCUT2D eigenvalue weighted by Crippen LogP contribution is 2.35. The highest BCUT2D eigenvalue weighted by Gasteiger charge is 2.44. The molecule has 1 saturated heterocycles. The average molecular weight is 509 g/mol. The first-order valence-electron chi connectivity index (χ1n) is 10.6. The van der Waals surface area contributed by atoms with E-state index in [1.165, 1.54) is 30.4 Å². The number of rotatable bonds is 5. The van der Waals surface area contributed by atoms with Crippen LogP contribution < -0.4 is 4.90 Å². The van der Waals surface area contributed by atoms with Crippen LogP contribution >= 0.6 is 11.6 Å². The van der Waals surface area contributed by atoms with E-state index in [4.69, 9.17) is 26.6 Å². The second-order valence-corrected chi connectivity index (χ2v) is 8.13. The zero-order valence-electron chi connectivity index (χ0n) is 19.0. The summed E-state index contributed by atoms with van der Waals surface area (Å²) >= 11 is 5.89. The number of aliphatic hydroxyl groups excluding tert-OH is 2. The van der Waals surface area contributed by atoms with E-state index < -0.39 is 30.6 Å². The molecule has 0 aromatic carbocycles. The van der Waals surface area contributed by atoms with E-state index in [0.717, 1.165) is 13.1 Å². The molecule has 2 N–H and O–H groups in total. The largest absolute Gasteiger partial charge is 0.435 e. The van der Waals surface area contributed by atoms with Crippen LogP contribution in [-0.4, -0.2) is 99.1 Å². The number of fused-ring (bicyclic) bond motifs is 1. The van der Waals surface area contributed by atoms with Gasteiger partial charge in [-0.1, -0.05) is 11.6 Å². The summed E-state index contributed by atoms with van der Waals surface area (Å²) in [6.07, 6.45) is 0.359. The van der Waals surface area contributed by atoms with Crippen LogP contribution in [0.4, 0.5) is 10.6 Å². The van der Waals surface area contributed by atoms with E-state index in [1.54, 1.807) is 17.0 Å². The van der Waals surface area contributed by atoms with Crippen molar-refractivity contribution >= 4 is 35.9 Å². The van der Waals surface area contributed by atoms with Crippen molar-refractivity contribution in [3.05, 3.63) is 47.1 Å². The summed E-state index contributed by atoms with van der Waals surface area (Å²) in [7, 11) is 2.00. The number of pyridine rings is 1. The summed E-state index contributed by atoms with van der Waals surface area (Å²) in [5.74, 6) is -0.121. The Morgan fingerprint density at radius 3 is 2.43 bits per heavy atom. The molecule has 13 nitrogen and oxygen atoms in total. The lowest BCUT2D eigenvalue weighted by molar-refractivity contribution is -0.169. The number of piperazine rings is 1. The lowest BCUT2D eigenvalue weighted by Gasteiger charge is -2.33. The molecule has 0 radical (unpaired) electrons. The van der Waals surface area contributed by atoms with Crippen LogP contribution in [0.2, 0.25) is 5.02 Å². The predicted octanol–water partition coefficient (Wildman–Crippen LogP) is 0.427. The first-order chi connectivity index (χ1) is 16.7. The van der Waals surface area contributed by atoms with Crippen LogP contribution in [0.1, 0.15) is 29.3 Å². The molecule has 0 spiro atoms. The maximum atomic E-state index is 12.8. The third-order valence-electron chi connectivity index (χ3n) is 5.16. The number of halogens is 1. The number of hydrogen-bond acceptors (Lipinski definition) is 11. The molecule has 0 aliphatic carbocycles. The molecule has 2 aliphatic rings. The number of carbonyl (C=O) groups is 3. The number of anilines is 1. The fourth-order valence-electron chi connectivity index (χ4n) is 3.21. The number of hydrogen-bond donors (Lipinski definition) is 2. The van der Waals surface area contributed by atoms with Gasteiger partial charge in [0.05, 0.1) is 5.02 Å². The monoisotopic (exact) mass is 508 g/mol. The minimum absolute atomic E-state index is 0.0807. The van der Waals surface area contributed by atoms with Gasteiger partial charge in [0.25, 0.3) is 12.4 Å². The van der Waals surface area contributed by atoms with Gasteiger partial charge < -0.3 is 29.5 Å². The minimum atomic E-state index is -1.40. The summed E-state index contributed by atoms with van der Waals surface area (Å²) in [6, 6.07) is 3.20. The van der Waals surface area contributed by atoms with E-state index in [1.807, 2.05) is 7.05 Å². The minimum Gasteiger partial charge on any atom is -0.435 e. The van der Waals surface area contributed by atoms with Crippen molar-refractivity contribution in [2.45, 2.75) is 25.5 Å². The Balaban J connectivity index is 0.000000371. The van der Waals surface area contributed by atoms with Crippen molar-refractivity contribution in [3.8, 4) is 0 Å². The van der Waals surface area contributed by atoms with Crippen molar-refractivity contribution in [1.29, 1.82) is 0 Å². The lowest BCUT2D eigenvalue weighted by Crippen LogP contribution is -2.48. The third kappa shape index (κ3) is 6.39. The fraction of sp³-hybridized carbons (Fsp3) is 0.429. The molecule has 2 aromatic rings. The van der Waals surface area contributed by atoms with Crippen molar-refractivity contribution in [2.24, 2.45) is 0 Å². The number of amides is 2. The van der Waals surface area contributed by atoms with Gasteiger partial charge in [-0.25, -0.2) is 19.7 Å². The van der Waals surface area contributed by atoms with Crippen LogP contribution in [0.15, 0.2) is 30.7 Å². The summed E-state index contributed by atoms with van der Waals surface area (Å²) in [6.45, 7) is 4.03. The molecule has 3 atom stereocenters. The van der Waals surface area contributed by atoms with Gasteiger partial charge in [-0.15, -0.1) is 0 Å². The highest BCUT2D eigenvalue weighted by atomic mass is 35.5. The molecule has 1 unspecified atom stereocenters. The van der Waals surface area contributed by atoms with E-state index in [0.29, 0.717) is 29.6 Å². The molecule has 2 amide bonds. The number of likely N-dealkylation sites (N-methyl/N-ethyl adjacent to an activating group) is 1. The van der Waals surface area contributed by atoms with Crippen molar-refractivity contribution in [2.75, 3.05) is 38.1 Å². The van der Waals surface area contributed by atoms with E-state index >= 15 is 0 Å². The Morgan fingerprint density at radius 1 is 1.17 bits per heavy atom. The van der Waals surface area contributed by atoms with Gasteiger partial charge in [-0.3, -0.25) is 14.6 Å². The molecule has 1 fully saturated rings. The third-order valence-corrected chi connectivity index (χ3v) is 5.38. The van der Waals surface area contributed by atoms with Gasteiger partial charge in [0.1, 0.15) is 17.6 Å². The number of aromatic nitrogens is 3. The standard InChI is InChI=1S/C17H17ClN6O3.C4H8O4/c1-22-6-8-23(9-7-22)17(26)27-16-14-13(19-4-5-20-14)15(25)24(16)12-3-2-11(18)10-21-12;1-3(6)4(7)8-2-5/h2-5,10,16H,6-9H2,1H3;2-4,6-7H,1H3/t;3-,4-/m.1/s1. The molecule has 2 aliphatic heterocycles. The van der Waals surface area contributed by atoms with E-state index in [2.05, 4.69) is 24.6 Å². The average Bonchev–Trinajstić information content (AvgIpc) is 3.12. The second-order valence-electron chi connectivity index (χ2n) is 7.69. The first-order valence-corrected chi connectivity index (χ1v) is 11.0. The molecule has 2 aromatic heterocycles. The van der Waals surface area contributed by atoms with Gasteiger partial charge in [0, 0.05) is 44.8 Å². The molecule has 14 heteroatoms. The number of carbonyl (C=O) groups excluding carboxylic acids is 3. The van der Waals surface area contributed by atoms with Crippen LogP contribution in [-0.2, 0) is 14.3 Å². The Bertz CT molecular complexity index is 1030. The number of aliphatic hydroxyl groups is 2. The number of nitrogens with zero attached hydrogens (tertiary/aromatic N) is 6. The maximum Gasteiger partial charge on any atom is 0.412 e. The normalized spacial score (nSPS) is 19.2. The fourth-order valence-corrected chi connectivity index (χ4v) is 3.32. The van der Waals surface area contributed by atoms with Crippen LogP contribution in [0.25, 0.3) is 0 Å². The zero-order chi connectivity index (χ0) is 25.5. The number of ether oxygens (including phenoxy) is 2. The molecule has 4 rings (SSSR count). The van der Waals surface area contributed by atoms with Crippen molar-refractivity contribution < 1.29 is 34.1 Å². The van der Waals surface area contributed by atoms with Gasteiger partial charge in [-0.05, 0) is 26.1 Å². The molecular weight excluding hydrogens is 484 g/mol. The Labute approximate surface area is 205 Å². The molecule has 0 saturated carbocycles. The molecule has 188 valence electrons. The van der Waals surface area contributed by atoms with Crippen molar-refractivity contribution in [1.82, 2.24) is 24.8 Å². The van der Waals surface area contributed by atoms with Crippen LogP contribution in [0.3, 0.4) is 0 Å². The van der Waals surface area contributed by atoms with Gasteiger partial charge in [0.2, 0.25) is 12.5 Å². The molecular formula is C21H25ClN6O7. The van der Waals surface area contributed by atoms with Gasteiger partial charge in [0.15, 0.2) is 5.69 Å².